The standard InChI is InChI=1S/C9H14N4OS.ClH/c1-10-4-7-2-3-13(6-7)9(14)8-5-11-15-12-8;/h5,7,10H,2-4,6H2,1H3;1H. The van der Waals surface area contributed by atoms with Crippen molar-refractivity contribution in [2.45, 2.75) is 6.42 Å². The zero-order chi connectivity index (χ0) is 10.7. The van der Waals surface area contributed by atoms with Crippen LogP contribution in [0.2, 0.25) is 0 Å². The number of halogens is 1. The quantitative estimate of drug-likeness (QED) is 0.869. The first kappa shape index (κ1) is 13.3. The van der Waals surface area contributed by atoms with Crippen LogP contribution < -0.4 is 5.32 Å². The lowest BCUT2D eigenvalue weighted by Crippen LogP contribution is -2.30. The van der Waals surface area contributed by atoms with Gasteiger partial charge in [0.15, 0.2) is 5.69 Å². The van der Waals surface area contributed by atoms with E-state index in [9.17, 15) is 4.79 Å². The highest BCUT2D eigenvalue weighted by molar-refractivity contribution is 6.99. The van der Waals surface area contributed by atoms with Gasteiger partial charge >= 0.3 is 0 Å². The minimum Gasteiger partial charge on any atom is -0.337 e. The van der Waals surface area contributed by atoms with Crippen LogP contribution in [-0.2, 0) is 0 Å². The second-order valence-electron chi connectivity index (χ2n) is 3.76. The van der Waals surface area contributed by atoms with Crippen LogP contribution in [0.3, 0.4) is 0 Å². The van der Waals surface area contributed by atoms with E-state index in [2.05, 4.69) is 14.1 Å². The maximum absolute atomic E-state index is 11.9. The Balaban J connectivity index is 0.00000128. The first-order chi connectivity index (χ1) is 7.31. The average molecular weight is 263 g/mol. The summed E-state index contributed by atoms with van der Waals surface area (Å²) in [5.41, 5.74) is 0.477. The van der Waals surface area contributed by atoms with E-state index in [1.54, 1.807) is 6.20 Å². The van der Waals surface area contributed by atoms with Crippen LogP contribution in [-0.4, -0.2) is 46.2 Å². The number of carbonyl (C=O) groups excluding carboxylic acids is 1. The van der Waals surface area contributed by atoms with Crippen molar-refractivity contribution in [3.05, 3.63) is 11.9 Å². The number of nitrogens with one attached hydrogen (secondary N) is 1. The fourth-order valence-corrected chi connectivity index (χ4v) is 2.30. The third-order valence-electron chi connectivity index (χ3n) is 2.65. The van der Waals surface area contributed by atoms with Crippen molar-refractivity contribution >= 4 is 30.0 Å². The van der Waals surface area contributed by atoms with Gasteiger partial charge in [-0.1, -0.05) is 0 Å². The maximum Gasteiger partial charge on any atom is 0.275 e. The number of nitrogens with zero attached hydrogens (tertiary/aromatic N) is 3. The molecule has 90 valence electrons. The Morgan fingerprint density at radius 1 is 1.75 bits per heavy atom. The Hall–Kier alpha value is -0.720. The van der Waals surface area contributed by atoms with Gasteiger partial charge < -0.3 is 10.2 Å². The molecule has 0 bridgehead atoms. The molecular formula is C9H15ClN4OS. The molecule has 1 saturated heterocycles. The van der Waals surface area contributed by atoms with Crippen LogP contribution in [0, 0.1) is 5.92 Å². The van der Waals surface area contributed by atoms with Crippen molar-refractivity contribution in [3.8, 4) is 0 Å². The number of hydrogen-bond acceptors (Lipinski definition) is 5. The normalized spacial score (nSPS) is 19.6. The zero-order valence-electron chi connectivity index (χ0n) is 9.05. The van der Waals surface area contributed by atoms with Gasteiger partial charge in [0.05, 0.1) is 17.9 Å². The molecule has 1 amide bonds. The number of carbonyl (C=O) groups is 1. The van der Waals surface area contributed by atoms with E-state index in [-0.39, 0.29) is 18.3 Å². The summed E-state index contributed by atoms with van der Waals surface area (Å²) in [7, 11) is 1.94. The molecule has 1 atom stereocenters. The predicted octanol–water partition coefficient (Wildman–Crippen LogP) is 0.641. The summed E-state index contributed by atoms with van der Waals surface area (Å²) < 4.78 is 7.80. The van der Waals surface area contributed by atoms with Crippen LogP contribution in [0.5, 0.6) is 0 Å². The van der Waals surface area contributed by atoms with E-state index in [1.165, 1.54) is 0 Å². The van der Waals surface area contributed by atoms with Crippen molar-refractivity contribution in [2.75, 3.05) is 26.7 Å². The highest BCUT2D eigenvalue weighted by Crippen LogP contribution is 2.17. The molecule has 16 heavy (non-hydrogen) atoms. The Morgan fingerprint density at radius 2 is 2.56 bits per heavy atom. The summed E-state index contributed by atoms with van der Waals surface area (Å²) >= 11 is 1.08. The molecular weight excluding hydrogens is 248 g/mol. The first-order valence-electron chi connectivity index (χ1n) is 5.02. The molecule has 0 aliphatic carbocycles. The largest absolute Gasteiger partial charge is 0.337 e. The monoisotopic (exact) mass is 262 g/mol. The lowest BCUT2D eigenvalue weighted by Gasteiger charge is -2.14. The van der Waals surface area contributed by atoms with Crippen LogP contribution in [0.4, 0.5) is 0 Å². The summed E-state index contributed by atoms with van der Waals surface area (Å²) in [6.07, 6.45) is 2.61. The van der Waals surface area contributed by atoms with E-state index in [0.717, 1.165) is 37.8 Å². The molecule has 2 heterocycles. The van der Waals surface area contributed by atoms with Crippen molar-refractivity contribution < 1.29 is 4.79 Å². The third kappa shape index (κ3) is 2.90. The lowest BCUT2D eigenvalue weighted by atomic mass is 10.1. The van der Waals surface area contributed by atoms with Gasteiger partial charge in [-0.15, -0.1) is 12.4 Å². The highest BCUT2D eigenvalue weighted by Gasteiger charge is 2.27. The number of rotatable bonds is 3. The van der Waals surface area contributed by atoms with Crippen molar-refractivity contribution in [3.63, 3.8) is 0 Å². The van der Waals surface area contributed by atoms with Crippen molar-refractivity contribution in [1.82, 2.24) is 19.0 Å². The molecule has 1 aliphatic heterocycles. The predicted molar refractivity (Wildman–Crippen MR) is 65.1 cm³/mol. The Labute approximate surface area is 105 Å². The molecule has 1 aromatic rings. The van der Waals surface area contributed by atoms with Gasteiger partial charge in [0.25, 0.3) is 5.91 Å². The molecule has 1 fully saturated rings. The molecule has 0 radical (unpaired) electrons. The molecule has 5 nitrogen and oxygen atoms in total. The van der Waals surface area contributed by atoms with Crippen LogP contribution >= 0.6 is 24.1 Å². The second kappa shape index (κ2) is 6.12. The second-order valence-corrected chi connectivity index (χ2v) is 4.31. The van der Waals surface area contributed by atoms with Gasteiger partial charge in [-0.2, -0.15) is 8.75 Å². The molecule has 0 aromatic carbocycles. The van der Waals surface area contributed by atoms with Crippen molar-refractivity contribution in [1.29, 1.82) is 0 Å². The first-order valence-corrected chi connectivity index (χ1v) is 5.75. The maximum atomic E-state index is 11.9. The minimum absolute atomic E-state index is 0. The number of likely N-dealkylation sites (tertiary alicyclic amines) is 1. The topological polar surface area (TPSA) is 58.1 Å². The smallest absolute Gasteiger partial charge is 0.275 e. The van der Waals surface area contributed by atoms with E-state index in [1.807, 2.05) is 11.9 Å². The molecule has 1 N–H and O–H groups in total. The average Bonchev–Trinajstić information content (AvgIpc) is 2.87. The summed E-state index contributed by atoms with van der Waals surface area (Å²) in [5.74, 6) is 0.591. The van der Waals surface area contributed by atoms with Gasteiger partial charge in [-0.05, 0) is 25.9 Å². The molecule has 1 aromatic heterocycles. The summed E-state index contributed by atoms with van der Waals surface area (Å²) in [5, 5.41) is 3.14. The zero-order valence-corrected chi connectivity index (χ0v) is 10.7. The molecule has 7 heteroatoms. The lowest BCUT2D eigenvalue weighted by molar-refractivity contribution is 0.0782. The molecule has 1 unspecified atom stereocenters. The van der Waals surface area contributed by atoms with E-state index < -0.39 is 0 Å². The number of aromatic nitrogens is 2. The van der Waals surface area contributed by atoms with E-state index in [4.69, 9.17) is 0 Å². The van der Waals surface area contributed by atoms with Gasteiger partial charge in [-0.3, -0.25) is 4.79 Å². The Bertz CT molecular complexity index is 332. The van der Waals surface area contributed by atoms with Crippen LogP contribution in [0.1, 0.15) is 16.9 Å². The minimum atomic E-state index is 0. The van der Waals surface area contributed by atoms with E-state index >= 15 is 0 Å². The SMILES string of the molecule is CNCC1CCN(C(=O)c2cnsn2)C1.Cl. The van der Waals surface area contributed by atoms with Gasteiger partial charge in [0, 0.05) is 13.1 Å². The van der Waals surface area contributed by atoms with Gasteiger partial charge in [0.1, 0.15) is 0 Å². The summed E-state index contributed by atoms with van der Waals surface area (Å²) in [6, 6.07) is 0. The fraction of sp³-hybridized carbons (Fsp3) is 0.667. The van der Waals surface area contributed by atoms with Crippen LogP contribution in [0.15, 0.2) is 6.20 Å². The molecule has 0 spiro atoms. The highest BCUT2D eigenvalue weighted by atomic mass is 35.5. The fourth-order valence-electron chi connectivity index (χ4n) is 1.89. The van der Waals surface area contributed by atoms with Gasteiger partial charge in [0.2, 0.25) is 0 Å². The Morgan fingerprint density at radius 3 is 3.19 bits per heavy atom. The Kier molecular flexibility index (Phi) is 5.11. The van der Waals surface area contributed by atoms with Crippen molar-refractivity contribution in [2.24, 2.45) is 5.92 Å². The molecule has 0 saturated carbocycles. The van der Waals surface area contributed by atoms with E-state index in [0.29, 0.717) is 11.6 Å². The molecule has 1 aliphatic rings. The van der Waals surface area contributed by atoms with Gasteiger partial charge in [-0.25, -0.2) is 0 Å². The van der Waals surface area contributed by atoms with Crippen LogP contribution in [0.25, 0.3) is 0 Å². The summed E-state index contributed by atoms with van der Waals surface area (Å²) in [4.78, 5) is 13.7. The molecule has 2 rings (SSSR count). The number of hydrogen-bond donors (Lipinski definition) is 1. The number of amides is 1. The third-order valence-corrected chi connectivity index (χ3v) is 3.12. The summed E-state index contributed by atoms with van der Waals surface area (Å²) in [6.45, 7) is 2.64.